The van der Waals surface area contributed by atoms with Crippen LogP contribution in [0.1, 0.15) is 5.56 Å². The summed E-state index contributed by atoms with van der Waals surface area (Å²) in [5.41, 5.74) is 0.769. The van der Waals surface area contributed by atoms with E-state index in [1.807, 2.05) is 0 Å². The number of rotatable bonds is 3. The van der Waals surface area contributed by atoms with Crippen LogP contribution in [0.5, 0.6) is 0 Å². The Hall–Kier alpha value is -0.220. The smallest absolute Gasteiger partial charge is 0.316 e. The van der Waals surface area contributed by atoms with Crippen LogP contribution in [0.25, 0.3) is 0 Å². The van der Waals surface area contributed by atoms with E-state index >= 15 is 0 Å². The topological polar surface area (TPSA) is 59.4 Å². The monoisotopic (exact) mass is 251 g/mol. The highest BCUT2D eigenvalue weighted by Crippen LogP contribution is 2.17. The molecule has 0 radical (unpaired) electrons. The van der Waals surface area contributed by atoms with Crippen LogP contribution in [0.15, 0.2) is 22.9 Å². The first-order valence-corrected chi connectivity index (χ1v) is 5.20. The van der Waals surface area contributed by atoms with E-state index in [1.165, 1.54) is 0 Å². The average molecular weight is 252 g/mol. The molecule has 0 saturated carbocycles. The quantitative estimate of drug-likeness (QED) is 0.657. The molecule has 1 N–H and O–H groups in total. The van der Waals surface area contributed by atoms with Crippen molar-refractivity contribution in [1.82, 2.24) is 4.98 Å². The number of hydrogen-bond donors (Lipinski definition) is 1. The van der Waals surface area contributed by atoms with Gasteiger partial charge >= 0.3 is 8.25 Å². The van der Waals surface area contributed by atoms with Crippen molar-refractivity contribution in [2.45, 2.75) is 6.61 Å². The number of halogens is 1. The Morgan fingerprint density at radius 2 is 2.42 bits per heavy atom. The lowest BCUT2D eigenvalue weighted by Gasteiger charge is -1.98. The van der Waals surface area contributed by atoms with E-state index in [1.54, 1.807) is 18.3 Å². The molecule has 66 valence electrons. The summed E-state index contributed by atoms with van der Waals surface area (Å²) in [4.78, 5) is 12.3. The van der Waals surface area contributed by atoms with Gasteiger partial charge in [0.2, 0.25) is 0 Å². The Morgan fingerprint density at radius 3 is 2.92 bits per heavy atom. The van der Waals surface area contributed by atoms with Crippen molar-refractivity contribution in [1.29, 1.82) is 0 Å². The van der Waals surface area contributed by atoms with Crippen molar-refractivity contribution in [2.75, 3.05) is 0 Å². The summed E-state index contributed by atoms with van der Waals surface area (Å²) >= 11 is 3.17. The van der Waals surface area contributed by atoms with Crippen molar-refractivity contribution in [3.63, 3.8) is 0 Å². The first-order chi connectivity index (χ1) is 5.68. The summed E-state index contributed by atoms with van der Waals surface area (Å²) < 4.78 is 15.4. The summed E-state index contributed by atoms with van der Waals surface area (Å²) in [6.45, 7) is 0.120. The third-order valence-corrected chi connectivity index (χ3v) is 2.01. The van der Waals surface area contributed by atoms with Gasteiger partial charge in [-0.1, -0.05) is 6.07 Å². The lowest BCUT2D eigenvalue weighted by molar-refractivity contribution is 0.272. The van der Waals surface area contributed by atoms with Crippen LogP contribution < -0.4 is 0 Å². The lowest BCUT2D eigenvalue weighted by Crippen LogP contribution is -1.86. The zero-order valence-electron chi connectivity index (χ0n) is 6.03. The molecule has 0 saturated heterocycles. The normalized spacial score (nSPS) is 12.8. The van der Waals surface area contributed by atoms with Crippen molar-refractivity contribution >= 4 is 24.2 Å². The van der Waals surface area contributed by atoms with E-state index in [2.05, 4.69) is 25.4 Å². The molecule has 0 aliphatic heterocycles. The number of nitrogens with zero attached hydrogens (tertiary/aromatic N) is 1. The number of hydrogen-bond acceptors (Lipinski definition) is 3. The molecule has 6 heteroatoms. The molecular formula is C6H7BrNO3P. The van der Waals surface area contributed by atoms with Gasteiger partial charge in [-0.2, -0.15) is 0 Å². The largest absolute Gasteiger partial charge is 0.326 e. The predicted octanol–water partition coefficient (Wildman–Crippen LogP) is 1.74. The molecule has 1 atom stereocenters. The summed E-state index contributed by atoms with van der Waals surface area (Å²) in [5, 5.41) is 0. The highest BCUT2D eigenvalue weighted by atomic mass is 79.9. The molecule has 0 aliphatic rings. The standard InChI is InChI=1S/C6H7BrNO3P/c7-6-2-1-5(3-8-6)4-11-12(9)10/h1-3,12H,4H2,(H,9,10). The minimum absolute atomic E-state index is 0.120. The molecule has 0 fully saturated rings. The van der Waals surface area contributed by atoms with E-state index in [-0.39, 0.29) is 6.61 Å². The zero-order chi connectivity index (χ0) is 8.97. The predicted molar refractivity (Wildman–Crippen MR) is 47.9 cm³/mol. The maximum atomic E-state index is 10.2. The zero-order valence-corrected chi connectivity index (χ0v) is 8.61. The molecule has 0 amide bonds. The Morgan fingerprint density at radius 1 is 1.67 bits per heavy atom. The van der Waals surface area contributed by atoms with Crippen LogP contribution in [0.2, 0.25) is 0 Å². The van der Waals surface area contributed by atoms with Crippen LogP contribution in [0.4, 0.5) is 0 Å². The second-order valence-electron chi connectivity index (χ2n) is 2.04. The van der Waals surface area contributed by atoms with Gasteiger partial charge in [0.25, 0.3) is 0 Å². The maximum absolute atomic E-state index is 10.2. The maximum Gasteiger partial charge on any atom is 0.316 e. The lowest BCUT2D eigenvalue weighted by atomic mass is 10.3. The van der Waals surface area contributed by atoms with Gasteiger partial charge in [0.15, 0.2) is 0 Å². The van der Waals surface area contributed by atoms with E-state index < -0.39 is 8.25 Å². The molecular weight excluding hydrogens is 245 g/mol. The van der Waals surface area contributed by atoms with E-state index in [4.69, 9.17) is 4.89 Å². The SMILES string of the molecule is O=[PH](O)OCc1ccc(Br)nc1. The molecule has 0 aliphatic carbocycles. The molecule has 1 rings (SSSR count). The fourth-order valence-corrected chi connectivity index (χ4v) is 1.16. The third kappa shape index (κ3) is 3.45. The van der Waals surface area contributed by atoms with Crippen molar-refractivity contribution in [2.24, 2.45) is 0 Å². The summed E-state index contributed by atoms with van der Waals surface area (Å²) in [6, 6.07) is 3.51. The molecule has 1 unspecified atom stereocenters. The first kappa shape index (κ1) is 9.86. The molecule has 1 heterocycles. The van der Waals surface area contributed by atoms with Gasteiger partial charge in [-0.15, -0.1) is 0 Å². The van der Waals surface area contributed by atoms with Gasteiger partial charge in [-0.3, -0.25) is 4.57 Å². The Kier molecular flexibility index (Phi) is 3.88. The van der Waals surface area contributed by atoms with E-state index in [0.717, 1.165) is 10.2 Å². The van der Waals surface area contributed by atoms with Crippen LogP contribution >= 0.6 is 24.2 Å². The van der Waals surface area contributed by atoms with Gasteiger partial charge in [0, 0.05) is 6.20 Å². The van der Waals surface area contributed by atoms with Gasteiger partial charge in [-0.05, 0) is 27.6 Å². The number of pyridine rings is 1. The fraction of sp³-hybridized carbons (Fsp3) is 0.167. The molecule has 12 heavy (non-hydrogen) atoms. The Labute approximate surface area is 78.7 Å². The van der Waals surface area contributed by atoms with Crippen LogP contribution in [0.3, 0.4) is 0 Å². The molecule has 1 aromatic heterocycles. The van der Waals surface area contributed by atoms with Crippen LogP contribution in [-0.2, 0) is 15.7 Å². The van der Waals surface area contributed by atoms with Crippen LogP contribution in [-0.4, -0.2) is 9.88 Å². The van der Waals surface area contributed by atoms with E-state index in [9.17, 15) is 4.57 Å². The third-order valence-electron chi connectivity index (χ3n) is 1.15. The minimum Gasteiger partial charge on any atom is -0.326 e. The van der Waals surface area contributed by atoms with Crippen LogP contribution in [0, 0.1) is 0 Å². The second kappa shape index (κ2) is 4.72. The average Bonchev–Trinajstić information content (AvgIpc) is 2.03. The van der Waals surface area contributed by atoms with E-state index in [0.29, 0.717) is 0 Å². The highest BCUT2D eigenvalue weighted by molar-refractivity contribution is 9.10. The molecule has 0 aromatic carbocycles. The first-order valence-electron chi connectivity index (χ1n) is 3.14. The van der Waals surface area contributed by atoms with Crippen molar-refractivity contribution in [3.8, 4) is 0 Å². The fourth-order valence-electron chi connectivity index (χ4n) is 0.637. The highest BCUT2D eigenvalue weighted by Gasteiger charge is 1.96. The second-order valence-corrected chi connectivity index (χ2v) is 3.68. The molecule has 1 aromatic rings. The Bertz CT molecular complexity index is 277. The summed E-state index contributed by atoms with van der Waals surface area (Å²) in [5.74, 6) is 0. The van der Waals surface area contributed by atoms with Crippen molar-refractivity contribution in [3.05, 3.63) is 28.5 Å². The molecule has 4 nitrogen and oxygen atoms in total. The van der Waals surface area contributed by atoms with Gasteiger partial charge in [0.1, 0.15) is 4.60 Å². The minimum atomic E-state index is -2.83. The summed E-state index contributed by atoms with van der Waals surface area (Å²) in [6.07, 6.45) is 1.58. The summed E-state index contributed by atoms with van der Waals surface area (Å²) in [7, 11) is -2.83. The van der Waals surface area contributed by atoms with Gasteiger partial charge in [0.05, 0.1) is 6.61 Å². The number of aromatic nitrogens is 1. The Balaban J connectivity index is 2.53. The van der Waals surface area contributed by atoms with Crippen molar-refractivity contribution < 1.29 is 14.0 Å². The van der Waals surface area contributed by atoms with Gasteiger partial charge in [-0.25, -0.2) is 4.98 Å². The molecule has 0 bridgehead atoms. The molecule has 0 spiro atoms. The van der Waals surface area contributed by atoms with Gasteiger partial charge < -0.3 is 9.42 Å².